The molecule has 1 aliphatic heterocycles. The van der Waals surface area contributed by atoms with E-state index < -0.39 is 5.60 Å². The quantitative estimate of drug-likeness (QED) is 0.595. The minimum absolute atomic E-state index is 0.375. The van der Waals surface area contributed by atoms with Gasteiger partial charge in [-0.3, -0.25) is 0 Å². The van der Waals surface area contributed by atoms with Crippen LogP contribution >= 0.6 is 0 Å². The average Bonchev–Trinajstić information content (AvgIpc) is 1.95. The van der Waals surface area contributed by atoms with Crippen molar-refractivity contribution in [3.8, 4) is 0 Å². The van der Waals surface area contributed by atoms with Crippen molar-refractivity contribution >= 4 is 0 Å². The zero-order valence-electron chi connectivity index (χ0n) is 7.72. The molecular formula is C9H19NO. The monoisotopic (exact) mass is 157 g/mol. The van der Waals surface area contributed by atoms with Crippen LogP contribution in [0.5, 0.6) is 0 Å². The molecule has 1 aliphatic rings. The van der Waals surface area contributed by atoms with Crippen LogP contribution in [0.25, 0.3) is 0 Å². The lowest BCUT2D eigenvalue weighted by Gasteiger charge is -2.41. The van der Waals surface area contributed by atoms with Gasteiger partial charge in [0.15, 0.2) is 0 Å². The summed E-state index contributed by atoms with van der Waals surface area (Å²) in [5.41, 5.74) is -0.425. The first kappa shape index (κ1) is 9.01. The fourth-order valence-corrected chi connectivity index (χ4v) is 1.89. The predicted octanol–water partition coefficient (Wildman–Crippen LogP) is 1.00. The molecule has 2 atom stereocenters. The molecule has 1 rings (SSSR count). The molecule has 1 fully saturated rings. The van der Waals surface area contributed by atoms with Gasteiger partial charge in [0.25, 0.3) is 0 Å². The zero-order chi connectivity index (χ0) is 8.48. The summed E-state index contributed by atoms with van der Waals surface area (Å²) in [5.74, 6) is 0.760. The van der Waals surface area contributed by atoms with Crippen LogP contribution in [0.4, 0.5) is 0 Å². The summed E-state index contributed by atoms with van der Waals surface area (Å²) in [4.78, 5) is 0. The number of aliphatic hydroxyl groups is 1. The van der Waals surface area contributed by atoms with Crippen LogP contribution in [0.2, 0.25) is 0 Å². The minimum atomic E-state index is -0.425. The minimum Gasteiger partial charge on any atom is -0.389 e. The Labute approximate surface area is 69.0 Å². The maximum atomic E-state index is 10.2. The van der Waals surface area contributed by atoms with Crippen LogP contribution in [-0.2, 0) is 0 Å². The highest BCUT2D eigenvalue weighted by Gasteiger charge is 2.38. The summed E-state index contributed by atoms with van der Waals surface area (Å²) in [6, 6.07) is 0. The van der Waals surface area contributed by atoms with E-state index in [1.54, 1.807) is 0 Å². The van der Waals surface area contributed by atoms with Crippen molar-refractivity contribution in [2.75, 3.05) is 13.1 Å². The second kappa shape index (κ2) is 3.11. The highest BCUT2D eigenvalue weighted by atomic mass is 16.3. The second-order valence-electron chi connectivity index (χ2n) is 4.00. The summed E-state index contributed by atoms with van der Waals surface area (Å²) >= 11 is 0. The van der Waals surface area contributed by atoms with Gasteiger partial charge < -0.3 is 10.4 Å². The van der Waals surface area contributed by atoms with Gasteiger partial charge in [-0.2, -0.15) is 0 Å². The third-order valence-electron chi connectivity index (χ3n) is 3.01. The molecule has 0 spiro atoms. The van der Waals surface area contributed by atoms with Gasteiger partial charge in [-0.15, -0.1) is 0 Å². The molecule has 1 heterocycles. The van der Waals surface area contributed by atoms with Gasteiger partial charge in [-0.05, 0) is 24.8 Å². The lowest BCUT2D eigenvalue weighted by atomic mass is 9.75. The Morgan fingerprint density at radius 1 is 1.55 bits per heavy atom. The standard InChI is InChI=1S/C9H19NO/c1-7(2)9(11)4-5-10-6-8(9)3/h7-8,10-11H,4-6H2,1-3H3. The van der Waals surface area contributed by atoms with Crippen LogP contribution in [0.1, 0.15) is 27.2 Å². The van der Waals surface area contributed by atoms with Crippen LogP contribution in [0.3, 0.4) is 0 Å². The number of nitrogens with one attached hydrogen (secondary N) is 1. The maximum Gasteiger partial charge on any atom is 0.0720 e. The summed E-state index contributed by atoms with van der Waals surface area (Å²) in [6.07, 6.45) is 0.895. The van der Waals surface area contributed by atoms with E-state index in [0.717, 1.165) is 19.5 Å². The first-order valence-electron chi connectivity index (χ1n) is 4.50. The summed E-state index contributed by atoms with van der Waals surface area (Å²) in [7, 11) is 0. The molecule has 0 aromatic rings. The van der Waals surface area contributed by atoms with Gasteiger partial charge in [-0.25, -0.2) is 0 Å². The van der Waals surface area contributed by atoms with E-state index in [4.69, 9.17) is 0 Å². The summed E-state index contributed by atoms with van der Waals surface area (Å²) in [5, 5.41) is 13.5. The molecule has 0 aromatic carbocycles. The van der Waals surface area contributed by atoms with Gasteiger partial charge in [-0.1, -0.05) is 20.8 Å². The molecule has 0 bridgehead atoms. The SMILES string of the molecule is CC(C)C1(O)CCNCC1C. The van der Waals surface area contributed by atoms with E-state index in [-0.39, 0.29) is 0 Å². The molecule has 1 saturated heterocycles. The molecular weight excluding hydrogens is 138 g/mol. The molecule has 0 radical (unpaired) electrons. The van der Waals surface area contributed by atoms with E-state index in [0.29, 0.717) is 11.8 Å². The van der Waals surface area contributed by atoms with Crippen molar-refractivity contribution in [3.63, 3.8) is 0 Å². The van der Waals surface area contributed by atoms with Crippen molar-refractivity contribution in [1.82, 2.24) is 5.32 Å². The van der Waals surface area contributed by atoms with E-state index in [1.807, 2.05) is 0 Å². The van der Waals surface area contributed by atoms with E-state index in [9.17, 15) is 5.11 Å². The van der Waals surface area contributed by atoms with Gasteiger partial charge in [0.1, 0.15) is 0 Å². The largest absolute Gasteiger partial charge is 0.389 e. The number of rotatable bonds is 1. The Bertz CT molecular complexity index is 136. The molecule has 2 N–H and O–H groups in total. The van der Waals surface area contributed by atoms with E-state index >= 15 is 0 Å². The first-order chi connectivity index (χ1) is 5.07. The van der Waals surface area contributed by atoms with Gasteiger partial charge >= 0.3 is 0 Å². The van der Waals surface area contributed by atoms with Gasteiger partial charge in [0.2, 0.25) is 0 Å². The van der Waals surface area contributed by atoms with Gasteiger partial charge in [0.05, 0.1) is 5.60 Å². The lowest BCUT2D eigenvalue weighted by molar-refractivity contribution is -0.0712. The van der Waals surface area contributed by atoms with E-state index in [2.05, 4.69) is 26.1 Å². The number of piperidine rings is 1. The van der Waals surface area contributed by atoms with Crippen LogP contribution in [0, 0.1) is 11.8 Å². The third kappa shape index (κ3) is 1.57. The third-order valence-corrected chi connectivity index (χ3v) is 3.01. The maximum absolute atomic E-state index is 10.2. The normalized spacial score (nSPS) is 39.5. The van der Waals surface area contributed by atoms with Crippen molar-refractivity contribution in [2.45, 2.75) is 32.8 Å². The smallest absolute Gasteiger partial charge is 0.0720 e. The molecule has 0 aromatic heterocycles. The molecule has 2 nitrogen and oxygen atoms in total. The Kier molecular flexibility index (Phi) is 2.55. The molecule has 0 amide bonds. The van der Waals surface area contributed by atoms with Crippen molar-refractivity contribution in [2.24, 2.45) is 11.8 Å². The Balaban J connectivity index is 2.64. The van der Waals surface area contributed by atoms with Crippen molar-refractivity contribution < 1.29 is 5.11 Å². The summed E-state index contributed by atoms with van der Waals surface area (Å²) in [6.45, 7) is 8.23. The van der Waals surface area contributed by atoms with Crippen LogP contribution in [-0.4, -0.2) is 23.8 Å². The number of hydrogen-bond acceptors (Lipinski definition) is 2. The highest BCUT2D eigenvalue weighted by Crippen LogP contribution is 2.31. The highest BCUT2D eigenvalue weighted by molar-refractivity contribution is 4.91. The fourth-order valence-electron chi connectivity index (χ4n) is 1.89. The topological polar surface area (TPSA) is 32.3 Å². The Hall–Kier alpha value is -0.0800. The van der Waals surface area contributed by atoms with Crippen LogP contribution in [0.15, 0.2) is 0 Å². The van der Waals surface area contributed by atoms with Crippen LogP contribution < -0.4 is 5.32 Å². The fraction of sp³-hybridized carbons (Fsp3) is 1.00. The zero-order valence-corrected chi connectivity index (χ0v) is 7.72. The van der Waals surface area contributed by atoms with Crippen molar-refractivity contribution in [1.29, 1.82) is 0 Å². The summed E-state index contributed by atoms with van der Waals surface area (Å²) < 4.78 is 0. The van der Waals surface area contributed by atoms with Gasteiger partial charge in [0, 0.05) is 6.54 Å². The molecule has 11 heavy (non-hydrogen) atoms. The first-order valence-corrected chi connectivity index (χ1v) is 4.50. The van der Waals surface area contributed by atoms with E-state index in [1.165, 1.54) is 0 Å². The molecule has 2 unspecified atom stereocenters. The average molecular weight is 157 g/mol. The molecule has 0 saturated carbocycles. The number of hydrogen-bond donors (Lipinski definition) is 2. The molecule has 2 heteroatoms. The second-order valence-corrected chi connectivity index (χ2v) is 4.00. The lowest BCUT2D eigenvalue weighted by Crippen LogP contribution is -2.52. The van der Waals surface area contributed by atoms with Crippen molar-refractivity contribution in [3.05, 3.63) is 0 Å². The molecule has 66 valence electrons. The Morgan fingerprint density at radius 2 is 2.18 bits per heavy atom. The predicted molar refractivity (Wildman–Crippen MR) is 46.4 cm³/mol. The Morgan fingerprint density at radius 3 is 2.55 bits per heavy atom. The molecule has 0 aliphatic carbocycles.